The highest BCUT2D eigenvalue weighted by molar-refractivity contribution is 5.39. The van der Waals surface area contributed by atoms with Crippen molar-refractivity contribution >= 4 is 0 Å². The fraction of sp³-hybridized carbons (Fsp3) is 0.250. The molecule has 0 spiro atoms. The fourth-order valence-electron chi connectivity index (χ4n) is 1.92. The Balaban J connectivity index is 2.23. The lowest BCUT2D eigenvalue weighted by atomic mass is 10.1. The van der Waals surface area contributed by atoms with Gasteiger partial charge < -0.3 is 10.5 Å². The number of benzene rings is 2. The smallest absolute Gasteiger partial charge is 0.130 e. The Morgan fingerprint density at radius 1 is 1.11 bits per heavy atom. The zero-order valence-corrected chi connectivity index (χ0v) is 10.9. The summed E-state index contributed by atoms with van der Waals surface area (Å²) in [5.74, 6) is 1.76. The average molecular weight is 241 g/mol. The van der Waals surface area contributed by atoms with E-state index in [0.29, 0.717) is 0 Å². The molecule has 0 fully saturated rings. The van der Waals surface area contributed by atoms with Crippen LogP contribution in [0.5, 0.6) is 11.5 Å². The summed E-state index contributed by atoms with van der Waals surface area (Å²) in [5.41, 5.74) is 8.19. The van der Waals surface area contributed by atoms with Gasteiger partial charge in [-0.2, -0.15) is 0 Å². The third-order valence-electron chi connectivity index (χ3n) is 2.73. The molecule has 2 heteroatoms. The number of hydrogen-bond donors (Lipinski definition) is 1. The Labute approximate surface area is 108 Å². The summed E-state index contributed by atoms with van der Waals surface area (Å²) in [4.78, 5) is 0. The Hall–Kier alpha value is -1.80. The summed E-state index contributed by atoms with van der Waals surface area (Å²) in [5, 5.41) is 0. The molecule has 0 heterocycles. The van der Waals surface area contributed by atoms with Crippen molar-refractivity contribution in [2.24, 2.45) is 5.73 Å². The number of rotatable bonds is 4. The topological polar surface area (TPSA) is 35.2 Å². The highest BCUT2D eigenvalue weighted by atomic mass is 16.5. The number of para-hydroxylation sites is 1. The van der Waals surface area contributed by atoms with Crippen molar-refractivity contribution < 1.29 is 4.74 Å². The molecule has 0 bridgehead atoms. The van der Waals surface area contributed by atoms with Gasteiger partial charge in [0.2, 0.25) is 0 Å². The van der Waals surface area contributed by atoms with Gasteiger partial charge in [-0.15, -0.1) is 0 Å². The maximum absolute atomic E-state index is 5.94. The van der Waals surface area contributed by atoms with Crippen molar-refractivity contribution in [3.63, 3.8) is 0 Å². The summed E-state index contributed by atoms with van der Waals surface area (Å²) in [6.45, 7) is 4.06. The van der Waals surface area contributed by atoms with E-state index in [1.165, 1.54) is 5.56 Å². The monoisotopic (exact) mass is 241 g/mol. The molecule has 2 rings (SSSR count). The van der Waals surface area contributed by atoms with Gasteiger partial charge in [-0.05, 0) is 49.6 Å². The predicted octanol–water partition coefficient (Wildman–Crippen LogP) is 3.68. The van der Waals surface area contributed by atoms with E-state index in [2.05, 4.69) is 19.1 Å². The molecule has 94 valence electrons. The summed E-state index contributed by atoms with van der Waals surface area (Å²) in [7, 11) is 0. The molecule has 2 N–H and O–H groups in total. The van der Waals surface area contributed by atoms with Crippen molar-refractivity contribution in [1.29, 1.82) is 0 Å². The van der Waals surface area contributed by atoms with Crippen LogP contribution < -0.4 is 10.5 Å². The minimum Gasteiger partial charge on any atom is -0.457 e. The van der Waals surface area contributed by atoms with Crippen molar-refractivity contribution in [2.75, 3.05) is 0 Å². The van der Waals surface area contributed by atoms with Crippen molar-refractivity contribution in [3.05, 3.63) is 59.7 Å². The molecule has 18 heavy (non-hydrogen) atoms. The van der Waals surface area contributed by atoms with Gasteiger partial charge in [-0.25, -0.2) is 0 Å². The van der Waals surface area contributed by atoms with Gasteiger partial charge in [0, 0.05) is 6.04 Å². The van der Waals surface area contributed by atoms with Crippen molar-refractivity contribution in [2.45, 2.75) is 26.3 Å². The second kappa shape index (κ2) is 5.69. The van der Waals surface area contributed by atoms with E-state index in [4.69, 9.17) is 10.5 Å². The third kappa shape index (κ3) is 3.34. The first kappa shape index (κ1) is 12.7. The maximum Gasteiger partial charge on any atom is 0.130 e. The van der Waals surface area contributed by atoms with Crippen LogP contribution in [0.25, 0.3) is 0 Å². The van der Waals surface area contributed by atoms with E-state index in [0.717, 1.165) is 23.5 Å². The molecule has 0 aliphatic heterocycles. The average Bonchev–Trinajstić information content (AvgIpc) is 2.31. The highest BCUT2D eigenvalue weighted by Crippen LogP contribution is 2.26. The van der Waals surface area contributed by atoms with Gasteiger partial charge in [0.05, 0.1) is 0 Å². The molecule has 1 unspecified atom stereocenters. The number of aryl methyl sites for hydroxylation is 1. The van der Waals surface area contributed by atoms with Crippen LogP contribution in [-0.4, -0.2) is 6.04 Å². The zero-order chi connectivity index (χ0) is 13.0. The lowest BCUT2D eigenvalue weighted by molar-refractivity contribution is 0.473. The van der Waals surface area contributed by atoms with E-state index in [1.54, 1.807) is 0 Å². The van der Waals surface area contributed by atoms with Crippen LogP contribution in [0.4, 0.5) is 0 Å². The molecule has 2 aromatic rings. The molecule has 0 aliphatic carbocycles. The summed E-state index contributed by atoms with van der Waals surface area (Å²) < 4.78 is 5.94. The molecule has 0 saturated heterocycles. The molecule has 1 atom stereocenters. The lowest BCUT2D eigenvalue weighted by Gasteiger charge is -2.13. The number of ether oxygens (including phenoxy) is 1. The summed E-state index contributed by atoms with van der Waals surface area (Å²) >= 11 is 0. The number of hydrogen-bond acceptors (Lipinski definition) is 2. The van der Waals surface area contributed by atoms with Gasteiger partial charge in [0.25, 0.3) is 0 Å². The molecular formula is C16H19NO. The van der Waals surface area contributed by atoms with Gasteiger partial charge in [0.1, 0.15) is 11.5 Å². The quantitative estimate of drug-likeness (QED) is 0.886. The van der Waals surface area contributed by atoms with Crippen LogP contribution in [0.2, 0.25) is 0 Å². The largest absolute Gasteiger partial charge is 0.457 e. The molecule has 0 aromatic heterocycles. The summed E-state index contributed by atoms with van der Waals surface area (Å²) in [6.07, 6.45) is 0.821. The van der Waals surface area contributed by atoms with E-state index >= 15 is 0 Å². The van der Waals surface area contributed by atoms with Gasteiger partial charge in [-0.3, -0.25) is 0 Å². The number of nitrogens with two attached hydrogens (primary N) is 1. The Kier molecular flexibility index (Phi) is 4.00. The normalized spacial score (nSPS) is 12.2. The van der Waals surface area contributed by atoms with Crippen LogP contribution in [0.15, 0.2) is 48.5 Å². The second-order valence-electron chi connectivity index (χ2n) is 4.71. The molecule has 0 aliphatic rings. The molecule has 0 saturated carbocycles. The second-order valence-corrected chi connectivity index (χ2v) is 4.71. The molecular weight excluding hydrogens is 222 g/mol. The maximum atomic E-state index is 5.94. The molecule has 2 aromatic carbocycles. The van der Waals surface area contributed by atoms with Crippen LogP contribution in [-0.2, 0) is 6.42 Å². The third-order valence-corrected chi connectivity index (χ3v) is 2.73. The van der Waals surface area contributed by atoms with E-state index in [9.17, 15) is 0 Å². The van der Waals surface area contributed by atoms with E-state index < -0.39 is 0 Å². The molecule has 0 radical (unpaired) electrons. The van der Waals surface area contributed by atoms with Gasteiger partial charge in [-0.1, -0.05) is 30.3 Å². The van der Waals surface area contributed by atoms with Gasteiger partial charge in [0.15, 0.2) is 0 Å². The Morgan fingerprint density at radius 2 is 1.89 bits per heavy atom. The highest BCUT2D eigenvalue weighted by Gasteiger charge is 2.06. The lowest BCUT2D eigenvalue weighted by Crippen LogP contribution is -2.18. The molecule has 0 amide bonds. The minimum absolute atomic E-state index is 0.132. The standard InChI is InChI=1S/C16H19NO/c1-12-6-5-8-15(10-12)18-16-9-4-3-7-14(16)11-13(2)17/h3-10,13H,11,17H2,1-2H3. The zero-order valence-electron chi connectivity index (χ0n) is 10.9. The SMILES string of the molecule is Cc1cccc(Oc2ccccc2CC(C)N)c1. The van der Waals surface area contributed by atoms with Crippen LogP contribution in [0.1, 0.15) is 18.1 Å². The minimum atomic E-state index is 0.132. The van der Waals surface area contributed by atoms with Crippen molar-refractivity contribution in [3.8, 4) is 11.5 Å². The van der Waals surface area contributed by atoms with Crippen molar-refractivity contribution in [1.82, 2.24) is 0 Å². The van der Waals surface area contributed by atoms with Gasteiger partial charge >= 0.3 is 0 Å². The predicted molar refractivity (Wildman–Crippen MR) is 75.0 cm³/mol. The van der Waals surface area contributed by atoms with Crippen LogP contribution in [0.3, 0.4) is 0 Å². The Bertz CT molecular complexity index is 520. The fourth-order valence-corrected chi connectivity index (χ4v) is 1.92. The molecule has 2 nitrogen and oxygen atoms in total. The van der Waals surface area contributed by atoms with Crippen LogP contribution >= 0.6 is 0 Å². The first-order chi connectivity index (χ1) is 8.65. The first-order valence-corrected chi connectivity index (χ1v) is 6.23. The Morgan fingerprint density at radius 3 is 2.61 bits per heavy atom. The van der Waals surface area contributed by atoms with E-state index in [-0.39, 0.29) is 6.04 Å². The van der Waals surface area contributed by atoms with Crippen LogP contribution in [0, 0.1) is 6.92 Å². The summed E-state index contributed by atoms with van der Waals surface area (Å²) in [6, 6.07) is 16.2. The first-order valence-electron chi connectivity index (χ1n) is 6.23. The van der Waals surface area contributed by atoms with E-state index in [1.807, 2.05) is 43.3 Å².